The zero-order valence-electron chi connectivity index (χ0n) is 14.7. The van der Waals surface area contributed by atoms with Crippen molar-refractivity contribution in [1.29, 1.82) is 0 Å². The molecule has 0 fully saturated rings. The van der Waals surface area contributed by atoms with Crippen molar-refractivity contribution in [1.82, 2.24) is 0 Å². The Morgan fingerprint density at radius 3 is 2.38 bits per heavy atom. The summed E-state index contributed by atoms with van der Waals surface area (Å²) < 4.78 is 22.9. The fraction of sp³-hybridized carbons (Fsp3) is 0.176. The highest BCUT2D eigenvalue weighted by Crippen LogP contribution is 2.31. The highest BCUT2D eigenvalue weighted by atomic mass is 16.5. The number of hydrogen-bond acceptors (Lipinski definition) is 4. The van der Waals surface area contributed by atoms with E-state index in [1.54, 1.807) is 12.1 Å². The summed E-state index contributed by atoms with van der Waals surface area (Å²) in [7, 11) is 0. The third-order valence-electron chi connectivity index (χ3n) is 3.19. The summed E-state index contributed by atoms with van der Waals surface area (Å²) in [5.74, 6) is 0. The molecule has 108 valence electrons. The van der Waals surface area contributed by atoms with Crippen molar-refractivity contribution >= 4 is 11.4 Å². The highest BCUT2D eigenvalue weighted by molar-refractivity contribution is 5.53. The van der Waals surface area contributed by atoms with Gasteiger partial charge in [0, 0.05) is 4.11 Å². The second-order valence-electron chi connectivity index (χ2n) is 4.79. The Kier molecular flexibility index (Phi) is 3.38. The van der Waals surface area contributed by atoms with Crippen molar-refractivity contribution in [2.24, 2.45) is 5.18 Å². The van der Waals surface area contributed by atoms with E-state index in [0.717, 1.165) is 10.6 Å². The van der Waals surface area contributed by atoms with E-state index in [9.17, 15) is 10.1 Å². The Morgan fingerprint density at radius 2 is 1.86 bits per heavy atom. The predicted octanol–water partition coefficient (Wildman–Crippen LogP) is 4.91. The number of rotatable bonds is 5. The van der Waals surface area contributed by atoms with Gasteiger partial charge in [0.25, 0.3) is 0 Å². The molecule has 0 aliphatic heterocycles. The summed E-state index contributed by atoms with van der Waals surface area (Å²) in [5, 5.41) is 14.3. The number of benzene rings is 2. The van der Waals surface area contributed by atoms with E-state index < -0.39 is 12.9 Å². The van der Waals surface area contributed by atoms with Gasteiger partial charge in [0.2, 0.25) is 0 Å². The third-order valence-corrected chi connectivity index (χ3v) is 3.19. The fourth-order valence-corrected chi connectivity index (χ4v) is 2.05. The summed E-state index contributed by atoms with van der Waals surface area (Å²) in [5.41, 5.74) is 2.06. The molecule has 2 aromatic rings. The van der Waals surface area contributed by atoms with Gasteiger partial charge in [-0.25, -0.2) is 5.06 Å². The predicted molar refractivity (Wildman–Crippen MR) is 84.9 cm³/mol. The molecule has 0 amide bonds. The lowest BCUT2D eigenvalue weighted by Crippen LogP contribution is -2.25. The van der Waals surface area contributed by atoms with Gasteiger partial charge < -0.3 is 0 Å². The SMILES string of the molecule is [2H]C([2H])([2H])C(=C)C(c1ccc(C)cc1)N(O)c1ccc(N=O)cc1. The van der Waals surface area contributed by atoms with Gasteiger partial charge in [-0.1, -0.05) is 42.0 Å². The molecule has 0 spiro atoms. The van der Waals surface area contributed by atoms with Gasteiger partial charge in [-0.3, -0.25) is 5.21 Å². The van der Waals surface area contributed by atoms with Crippen LogP contribution < -0.4 is 5.06 Å². The monoisotopic (exact) mass is 285 g/mol. The smallest absolute Gasteiger partial charge is 0.108 e. The Balaban J connectivity index is 2.45. The topological polar surface area (TPSA) is 52.9 Å². The minimum absolute atomic E-state index is 0.105. The number of hydroxylamine groups is 1. The van der Waals surface area contributed by atoms with Crippen molar-refractivity contribution in [2.75, 3.05) is 5.06 Å². The van der Waals surface area contributed by atoms with Gasteiger partial charge in [0.05, 0.1) is 5.69 Å². The van der Waals surface area contributed by atoms with Gasteiger partial charge in [0.15, 0.2) is 0 Å². The minimum Gasteiger partial charge on any atom is -0.288 e. The average Bonchev–Trinajstić information content (AvgIpc) is 2.56. The molecule has 0 saturated carbocycles. The zero-order chi connectivity index (χ0) is 17.9. The van der Waals surface area contributed by atoms with Crippen molar-refractivity contribution in [3.8, 4) is 0 Å². The molecule has 0 radical (unpaired) electrons. The maximum atomic E-state index is 10.6. The Labute approximate surface area is 128 Å². The molecule has 1 atom stereocenters. The van der Waals surface area contributed by atoms with Crippen LogP contribution in [0.2, 0.25) is 0 Å². The summed E-state index contributed by atoms with van der Waals surface area (Å²) in [6.07, 6.45) is 0. The first-order valence-electron chi connectivity index (χ1n) is 7.91. The van der Waals surface area contributed by atoms with Gasteiger partial charge in [-0.2, -0.15) is 0 Å². The van der Waals surface area contributed by atoms with Crippen molar-refractivity contribution in [3.63, 3.8) is 0 Å². The molecule has 0 bridgehead atoms. The maximum absolute atomic E-state index is 10.6. The third kappa shape index (κ3) is 3.35. The molecule has 4 heteroatoms. The Bertz CT molecular complexity index is 725. The van der Waals surface area contributed by atoms with Crippen LogP contribution in [-0.2, 0) is 0 Å². The van der Waals surface area contributed by atoms with E-state index in [4.69, 9.17) is 4.11 Å². The first-order valence-corrected chi connectivity index (χ1v) is 6.41. The molecular formula is C17H18N2O2. The van der Waals surface area contributed by atoms with E-state index in [2.05, 4.69) is 11.8 Å². The van der Waals surface area contributed by atoms with Crippen LogP contribution >= 0.6 is 0 Å². The van der Waals surface area contributed by atoms with Crippen LogP contribution in [0.1, 0.15) is 28.1 Å². The molecule has 1 N–H and O–H groups in total. The van der Waals surface area contributed by atoms with Crippen molar-refractivity contribution in [2.45, 2.75) is 19.8 Å². The Hall–Kier alpha value is -2.46. The molecule has 2 aromatic carbocycles. The largest absolute Gasteiger partial charge is 0.288 e. The lowest BCUT2D eigenvalue weighted by Gasteiger charge is -2.28. The molecule has 4 nitrogen and oxygen atoms in total. The maximum Gasteiger partial charge on any atom is 0.108 e. The second kappa shape index (κ2) is 6.33. The summed E-state index contributed by atoms with van der Waals surface area (Å²) in [4.78, 5) is 10.5. The van der Waals surface area contributed by atoms with E-state index in [-0.39, 0.29) is 11.3 Å². The quantitative estimate of drug-likeness (QED) is 0.482. The fourth-order valence-electron chi connectivity index (χ4n) is 2.05. The molecule has 2 rings (SSSR count). The highest BCUT2D eigenvalue weighted by Gasteiger charge is 2.20. The second-order valence-corrected chi connectivity index (χ2v) is 4.79. The van der Waals surface area contributed by atoms with Gasteiger partial charge in [-0.05, 0) is 48.8 Å². The van der Waals surface area contributed by atoms with Crippen LogP contribution in [0.25, 0.3) is 0 Å². The number of anilines is 1. The normalized spacial score (nSPS) is 14.5. The number of aryl methyl sites for hydroxylation is 1. The molecule has 0 aliphatic carbocycles. The molecule has 0 aliphatic rings. The van der Waals surface area contributed by atoms with Crippen LogP contribution in [0.5, 0.6) is 0 Å². The van der Waals surface area contributed by atoms with Crippen LogP contribution in [0, 0.1) is 11.8 Å². The summed E-state index contributed by atoms with van der Waals surface area (Å²) in [6.45, 7) is 3.16. The molecule has 1 unspecified atom stereocenters. The number of hydrogen-bond donors (Lipinski definition) is 1. The van der Waals surface area contributed by atoms with E-state index in [0.29, 0.717) is 11.3 Å². The minimum atomic E-state index is -2.43. The van der Waals surface area contributed by atoms with Crippen LogP contribution in [-0.4, -0.2) is 5.21 Å². The van der Waals surface area contributed by atoms with Gasteiger partial charge in [-0.15, -0.1) is 4.91 Å². The molecular weight excluding hydrogens is 264 g/mol. The van der Waals surface area contributed by atoms with Crippen LogP contribution in [0.3, 0.4) is 0 Å². The van der Waals surface area contributed by atoms with E-state index in [1.807, 2.05) is 19.1 Å². The number of nitrogens with zero attached hydrogens (tertiary/aromatic N) is 2. The first-order chi connectivity index (χ1) is 11.2. The van der Waals surface area contributed by atoms with Crippen LogP contribution in [0.15, 0.2) is 65.9 Å². The number of nitroso groups, excluding NO2 is 1. The lowest BCUT2D eigenvalue weighted by atomic mass is 9.99. The van der Waals surface area contributed by atoms with Crippen molar-refractivity contribution < 1.29 is 9.32 Å². The van der Waals surface area contributed by atoms with E-state index in [1.165, 1.54) is 24.3 Å². The van der Waals surface area contributed by atoms with Crippen molar-refractivity contribution in [3.05, 3.63) is 76.7 Å². The standard InChI is InChI=1S/C17H18N2O2/c1-12(2)17(14-6-4-13(3)5-7-14)19(21)16-10-8-15(18-20)9-11-16/h4-11,17,21H,1H2,2-3H3/i2D3. The molecule has 0 aromatic heterocycles. The molecule has 0 saturated heterocycles. The Morgan fingerprint density at radius 1 is 1.24 bits per heavy atom. The first kappa shape index (κ1) is 11.2. The van der Waals surface area contributed by atoms with Gasteiger partial charge >= 0.3 is 0 Å². The molecule has 21 heavy (non-hydrogen) atoms. The lowest BCUT2D eigenvalue weighted by molar-refractivity contribution is 0.229. The molecule has 0 heterocycles. The zero-order valence-corrected chi connectivity index (χ0v) is 11.7. The van der Waals surface area contributed by atoms with Crippen LogP contribution in [0.4, 0.5) is 11.4 Å². The van der Waals surface area contributed by atoms with E-state index >= 15 is 0 Å². The summed E-state index contributed by atoms with van der Waals surface area (Å²) >= 11 is 0. The van der Waals surface area contributed by atoms with Gasteiger partial charge in [0.1, 0.15) is 11.7 Å². The summed E-state index contributed by atoms with van der Waals surface area (Å²) in [6, 6.07) is 12.1. The average molecular weight is 285 g/mol.